The fourth-order valence-electron chi connectivity index (χ4n) is 0.841. The van der Waals surface area contributed by atoms with Crippen molar-refractivity contribution in [2.45, 2.75) is 13.8 Å². The van der Waals surface area contributed by atoms with Crippen molar-refractivity contribution in [2.24, 2.45) is 0 Å². The molecule has 1 rings (SSSR count). The lowest BCUT2D eigenvalue weighted by molar-refractivity contribution is 0.162. The van der Waals surface area contributed by atoms with Gasteiger partial charge in [-0.15, -0.1) is 0 Å². The van der Waals surface area contributed by atoms with Gasteiger partial charge in [-0.2, -0.15) is 0 Å². The van der Waals surface area contributed by atoms with Crippen molar-refractivity contribution in [3.05, 3.63) is 41.4 Å². The minimum Gasteiger partial charge on any atom is -0.382 e. The van der Waals surface area contributed by atoms with E-state index in [-0.39, 0.29) is 0 Å². The third kappa shape index (κ3) is 7.84. The van der Waals surface area contributed by atoms with Crippen molar-refractivity contribution in [3.8, 4) is 0 Å². The molecule has 0 aromatic heterocycles. The first-order valence-corrected chi connectivity index (χ1v) is 5.18. The zero-order valence-electron chi connectivity index (χ0n) is 8.74. The summed E-state index contributed by atoms with van der Waals surface area (Å²) in [7, 11) is 0. The molecule has 0 amide bonds. The van der Waals surface area contributed by atoms with Crippen LogP contribution in [-0.2, 0) is 4.74 Å². The van der Waals surface area contributed by atoms with Crippen LogP contribution in [0, 0.1) is 0 Å². The Kier molecular flexibility index (Phi) is 9.71. The fourth-order valence-corrected chi connectivity index (χ4v) is 0.986. The molecular formula is C12H17ClO. The summed E-state index contributed by atoms with van der Waals surface area (Å²) in [6.07, 6.45) is 1.85. The lowest BCUT2D eigenvalue weighted by atomic mass is 10.2. The summed E-state index contributed by atoms with van der Waals surface area (Å²) in [4.78, 5) is 0. The van der Waals surface area contributed by atoms with Crippen LogP contribution in [0.3, 0.4) is 0 Å². The Morgan fingerprint density at radius 3 is 2.07 bits per heavy atom. The predicted octanol–water partition coefficient (Wildman–Crippen LogP) is 3.94. The zero-order chi connectivity index (χ0) is 10.6. The predicted molar refractivity (Wildman–Crippen MR) is 63.5 cm³/mol. The molecule has 1 aromatic rings. The van der Waals surface area contributed by atoms with Gasteiger partial charge in [0, 0.05) is 18.7 Å². The second kappa shape index (κ2) is 10.3. The molecule has 0 heterocycles. The van der Waals surface area contributed by atoms with Crippen LogP contribution in [0.5, 0.6) is 0 Å². The summed E-state index contributed by atoms with van der Waals surface area (Å²) in [5.41, 5.74) is 2.64. The Bertz CT molecular complexity index is 229. The van der Waals surface area contributed by atoms with Gasteiger partial charge in [0.05, 0.1) is 0 Å². The van der Waals surface area contributed by atoms with Crippen LogP contribution in [0.1, 0.15) is 19.4 Å². The second-order valence-electron chi connectivity index (χ2n) is 2.48. The molecule has 0 saturated carbocycles. The molecule has 14 heavy (non-hydrogen) atoms. The van der Waals surface area contributed by atoms with E-state index in [0.717, 1.165) is 18.8 Å². The topological polar surface area (TPSA) is 9.23 Å². The van der Waals surface area contributed by atoms with Gasteiger partial charge >= 0.3 is 0 Å². The SMILES string of the molecule is CCOCC.ClC=Cc1ccccc1. The van der Waals surface area contributed by atoms with Crippen molar-refractivity contribution in [1.82, 2.24) is 0 Å². The third-order valence-corrected chi connectivity index (χ3v) is 1.59. The zero-order valence-corrected chi connectivity index (χ0v) is 9.50. The molecule has 0 fully saturated rings. The molecule has 0 saturated heterocycles. The number of hydrogen-bond donors (Lipinski definition) is 0. The molecule has 0 N–H and O–H groups in total. The van der Waals surface area contributed by atoms with Gasteiger partial charge in [-0.05, 0) is 25.5 Å². The fraction of sp³-hybridized carbons (Fsp3) is 0.333. The maximum atomic E-state index is 5.36. The van der Waals surface area contributed by atoms with E-state index in [1.165, 1.54) is 5.54 Å². The molecule has 0 aliphatic carbocycles. The quantitative estimate of drug-likeness (QED) is 0.738. The van der Waals surface area contributed by atoms with Crippen LogP contribution in [0.25, 0.3) is 6.08 Å². The Morgan fingerprint density at radius 1 is 1.14 bits per heavy atom. The number of ether oxygens (including phenoxy) is 1. The Hall–Kier alpha value is -0.790. The number of rotatable bonds is 3. The summed E-state index contributed by atoms with van der Waals surface area (Å²) < 4.78 is 4.83. The lowest BCUT2D eigenvalue weighted by Crippen LogP contribution is -1.84. The van der Waals surface area contributed by atoms with Crippen molar-refractivity contribution in [1.29, 1.82) is 0 Å². The van der Waals surface area contributed by atoms with Gasteiger partial charge in [-0.25, -0.2) is 0 Å². The van der Waals surface area contributed by atoms with Gasteiger partial charge in [-0.1, -0.05) is 41.9 Å². The normalized spacial score (nSPS) is 9.64. The molecular weight excluding hydrogens is 196 g/mol. The highest BCUT2D eigenvalue weighted by Gasteiger charge is 1.78. The van der Waals surface area contributed by atoms with Crippen LogP contribution in [0.4, 0.5) is 0 Å². The molecule has 0 aliphatic heterocycles. The second-order valence-corrected chi connectivity index (χ2v) is 2.74. The first kappa shape index (κ1) is 13.2. The van der Waals surface area contributed by atoms with Crippen molar-refractivity contribution >= 4 is 17.7 Å². The van der Waals surface area contributed by atoms with Crippen LogP contribution >= 0.6 is 11.6 Å². The molecule has 0 atom stereocenters. The van der Waals surface area contributed by atoms with E-state index in [0.29, 0.717) is 0 Å². The van der Waals surface area contributed by atoms with E-state index in [1.807, 2.05) is 50.3 Å². The molecule has 0 unspecified atom stereocenters. The summed E-state index contributed by atoms with van der Waals surface area (Å²) in [6.45, 7) is 5.67. The largest absolute Gasteiger partial charge is 0.382 e. The first-order chi connectivity index (χ1) is 6.85. The van der Waals surface area contributed by atoms with Crippen molar-refractivity contribution < 1.29 is 4.74 Å². The Labute approximate surface area is 91.4 Å². The highest BCUT2D eigenvalue weighted by atomic mass is 35.5. The number of benzene rings is 1. The minimum absolute atomic E-state index is 0.844. The smallest absolute Gasteiger partial charge is 0.0437 e. The van der Waals surface area contributed by atoms with Crippen LogP contribution in [0.2, 0.25) is 0 Å². The van der Waals surface area contributed by atoms with Crippen LogP contribution in [0.15, 0.2) is 35.9 Å². The monoisotopic (exact) mass is 212 g/mol. The molecule has 2 heteroatoms. The van der Waals surface area contributed by atoms with Crippen LogP contribution in [-0.4, -0.2) is 13.2 Å². The number of hydrogen-bond acceptors (Lipinski definition) is 1. The van der Waals surface area contributed by atoms with Crippen LogP contribution < -0.4 is 0 Å². The first-order valence-electron chi connectivity index (χ1n) is 4.74. The Morgan fingerprint density at radius 2 is 1.71 bits per heavy atom. The molecule has 0 spiro atoms. The maximum Gasteiger partial charge on any atom is 0.0437 e. The van der Waals surface area contributed by atoms with Gasteiger partial charge in [0.1, 0.15) is 0 Å². The van der Waals surface area contributed by atoms with Gasteiger partial charge in [-0.3, -0.25) is 0 Å². The van der Waals surface area contributed by atoms with E-state index in [9.17, 15) is 0 Å². The molecule has 0 radical (unpaired) electrons. The lowest BCUT2D eigenvalue weighted by Gasteiger charge is -1.86. The molecule has 0 bridgehead atoms. The van der Waals surface area contributed by atoms with Gasteiger partial charge in [0.2, 0.25) is 0 Å². The van der Waals surface area contributed by atoms with Crippen molar-refractivity contribution in [2.75, 3.05) is 13.2 Å². The van der Waals surface area contributed by atoms with Gasteiger partial charge < -0.3 is 4.74 Å². The molecule has 0 aliphatic rings. The number of halogens is 1. The third-order valence-electron chi connectivity index (χ3n) is 1.46. The van der Waals surface area contributed by atoms with Gasteiger partial charge in [0.15, 0.2) is 0 Å². The Balaban J connectivity index is 0.000000292. The van der Waals surface area contributed by atoms with E-state index in [2.05, 4.69) is 0 Å². The summed E-state index contributed by atoms with van der Waals surface area (Å²) >= 11 is 5.36. The molecule has 1 aromatic carbocycles. The standard InChI is InChI=1S/C8H7Cl.C4H10O/c9-7-6-8-4-2-1-3-5-8;1-3-5-4-2/h1-7H;3-4H2,1-2H3. The van der Waals surface area contributed by atoms with E-state index >= 15 is 0 Å². The van der Waals surface area contributed by atoms with E-state index < -0.39 is 0 Å². The maximum absolute atomic E-state index is 5.36. The van der Waals surface area contributed by atoms with Crippen molar-refractivity contribution in [3.63, 3.8) is 0 Å². The molecule has 1 nitrogen and oxygen atoms in total. The summed E-state index contributed by atoms with van der Waals surface area (Å²) in [5, 5.41) is 0. The average Bonchev–Trinajstić information content (AvgIpc) is 2.22. The highest BCUT2D eigenvalue weighted by molar-refractivity contribution is 6.27. The van der Waals surface area contributed by atoms with Gasteiger partial charge in [0.25, 0.3) is 0 Å². The summed E-state index contributed by atoms with van der Waals surface area (Å²) in [5.74, 6) is 0. The molecule has 78 valence electrons. The highest BCUT2D eigenvalue weighted by Crippen LogP contribution is 2.00. The van der Waals surface area contributed by atoms with E-state index in [1.54, 1.807) is 0 Å². The average molecular weight is 213 g/mol. The summed E-state index contributed by atoms with van der Waals surface area (Å²) in [6, 6.07) is 9.93. The van der Waals surface area contributed by atoms with E-state index in [4.69, 9.17) is 16.3 Å². The minimum atomic E-state index is 0.844.